The Morgan fingerprint density at radius 2 is 1.82 bits per heavy atom. The van der Waals surface area contributed by atoms with Crippen LogP contribution in [0, 0.1) is 5.92 Å². The molecule has 1 aromatic heterocycles. The fourth-order valence-electron chi connectivity index (χ4n) is 3.32. The highest BCUT2D eigenvalue weighted by molar-refractivity contribution is 7.99. The van der Waals surface area contributed by atoms with Crippen molar-refractivity contribution in [3.63, 3.8) is 0 Å². The van der Waals surface area contributed by atoms with Crippen LogP contribution < -0.4 is 15.0 Å². The van der Waals surface area contributed by atoms with Crippen molar-refractivity contribution >= 4 is 34.4 Å². The lowest BCUT2D eigenvalue weighted by molar-refractivity contribution is 0.0600. The van der Waals surface area contributed by atoms with Crippen LogP contribution in [-0.4, -0.2) is 48.4 Å². The van der Waals surface area contributed by atoms with Crippen molar-refractivity contribution in [2.75, 3.05) is 27.1 Å². The third-order valence-electron chi connectivity index (χ3n) is 4.93. The van der Waals surface area contributed by atoms with Crippen molar-refractivity contribution in [1.29, 1.82) is 0 Å². The van der Waals surface area contributed by atoms with E-state index in [-0.39, 0.29) is 23.0 Å². The standard InChI is InChI=1S/C24H26N2O6S/c1-14(2)12-26-22(28)17-8-6-15(23(29)32-5)10-19(17)25-24(26)33-13-20(27)18-9-7-16(30-3)11-21(18)31-4/h6-11,14H,12-13H2,1-5H3. The van der Waals surface area contributed by atoms with E-state index in [1.807, 2.05) is 13.8 Å². The maximum absolute atomic E-state index is 13.2. The van der Waals surface area contributed by atoms with E-state index in [1.54, 1.807) is 34.9 Å². The SMILES string of the molecule is COC(=O)c1ccc2c(=O)n(CC(C)C)c(SCC(=O)c3ccc(OC)cc3OC)nc2c1. The number of carbonyl (C=O) groups is 2. The Bertz CT molecular complexity index is 1250. The number of fused-ring (bicyclic) bond motifs is 1. The quantitative estimate of drug-likeness (QED) is 0.201. The van der Waals surface area contributed by atoms with E-state index in [2.05, 4.69) is 4.98 Å². The van der Waals surface area contributed by atoms with Gasteiger partial charge in [-0.05, 0) is 36.2 Å². The minimum atomic E-state index is -0.513. The topological polar surface area (TPSA) is 96.7 Å². The van der Waals surface area contributed by atoms with Crippen molar-refractivity contribution in [2.24, 2.45) is 5.92 Å². The zero-order valence-corrected chi connectivity index (χ0v) is 20.0. The van der Waals surface area contributed by atoms with Crippen molar-refractivity contribution < 1.29 is 23.8 Å². The number of carbonyl (C=O) groups excluding carboxylic acids is 2. The first-order valence-electron chi connectivity index (χ1n) is 10.3. The highest BCUT2D eigenvalue weighted by atomic mass is 32.2. The minimum Gasteiger partial charge on any atom is -0.497 e. The minimum absolute atomic E-state index is 0.0510. The van der Waals surface area contributed by atoms with Gasteiger partial charge in [0.1, 0.15) is 11.5 Å². The van der Waals surface area contributed by atoms with Gasteiger partial charge in [-0.1, -0.05) is 25.6 Å². The molecule has 0 radical (unpaired) electrons. The summed E-state index contributed by atoms with van der Waals surface area (Å²) in [6.07, 6.45) is 0. The summed E-state index contributed by atoms with van der Waals surface area (Å²) in [5.41, 5.74) is 0.868. The van der Waals surface area contributed by atoms with Crippen LogP contribution in [0.4, 0.5) is 0 Å². The summed E-state index contributed by atoms with van der Waals surface area (Å²) in [5, 5.41) is 0.805. The van der Waals surface area contributed by atoms with Crippen LogP contribution in [0.15, 0.2) is 46.3 Å². The first kappa shape index (κ1) is 24.3. The number of esters is 1. The number of nitrogens with zero attached hydrogens (tertiary/aromatic N) is 2. The number of ether oxygens (including phenoxy) is 3. The van der Waals surface area contributed by atoms with Gasteiger partial charge >= 0.3 is 5.97 Å². The molecule has 9 heteroatoms. The summed E-state index contributed by atoms with van der Waals surface area (Å²) in [6, 6.07) is 9.64. The van der Waals surface area contributed by atoms with Gasteiger partial charge in [0.25, 0.3) is 5.56 Å². The second-order valence-corrected chi connectivity index (χ2v) is 8.65. The van der Waals surface area contributed by atoms with Gasteiger partial charge in [0.15, 0.2) is 10.9 Å². The lowest BCUT2D eigenvalue weighted by Crippen LogP contribution is -2.26. The van der Waals surface area contributed by atoms with E-state index in [0.29, 0.717) is 45.2 Å². The number of Topliss-reactive ketones (excluding diaryl/α,β-unsaturated/α-hetero) is 1. The summed E-state index contributed by atoms with van der Waals surface area (Å²) < 4.78 is 16.9. The molecule has 1 heterocycles. The molecule has 0 atom stereocenters. The van der Waals surface area contributed by atoms with Crippen LogP contribution in [0.25, 0.3) is 10.9 Å². The number of aromatic nitrogens is 2. The van der Waals surface area contributed by atoms with Crippen molar-refractivity contribution in [3.05, 3.63) is 57.9 Å². The van der Waals surface area contributed by atoms with Crippen molar-refractivity contribution in [1.82, 2.24) is 9.55 Å². The van der Waals surface area contributed by atoms with Crippen LogP contribution in [0.2, 0.25) is 0 Å². The Kier molecular flexibility index (Phi) is 7.75. The summed E-state index contributed by atoms with van der Waals surface area (Å²) >= 11 is 1.17. The molecule has 0 bridgehead atoms. The van der Waals surface area contributed by atoms with Gasteiger partial charge in [0.05, 0.1) is 49.1 Å². The second kappa shape index (κ2) is 10.5. The van der Waals surface area contributed by atoms with Crippen molar-refractivity contribution in [3.8, 4) is 11.5 Å². The fourth-order valence-corrected chi connectivity index (χ4v) is 4.21. The van der Waals surface area contributed by atoms with Crippen LogP contribution >= 0.6 is 11.8 Å². The molecule has 0 N–H and O–H groups in total. The molecule has 0 saturated carbocycles. The lowest BCUT2D eigenvalue weighted by atomic mass is 10.1. The Labute approximate surface area is 195 Å². The Hall–Kier alpha value is -3.33. The summed E-state index contributed by atoms with van der Waals surface area (Å²) in [7, 11) is 4.32. The number of benzene rings is 2. The summed E-state index contributed by atoms with van der Waals surface area (Å²) in [6.45, 7) is 4.44. The molecule has 0 amide bonds. The fraction of sp³-hybridized carbons (Fsp3) is 0.333. The molecular weight excluding hydrogens is 444 g/mol. The van der Waals surface area contributed by atoms with Gasteiger partial charge in [-0.2, -0.15) is 0 Å². The second-order valence-electron chi connectivity index (χ2n) is 7.71. The number of thioether (sulfide) groups is 1. The zero-order chi connectivity index (χ0) is 24.1. The van der Waals surface area contributed by atoms with E-state index in [9.17, 15) is 14.4 Å². The summed E-state index contributed by atoms with van der Waals surface area (Å²) in [5.74, 6) is 0.547. The van der Waals surface area contributed by atoms with Crippen molar-refractivity contribution in [2.45, 2.75) is 25.5 Å². The van der Waals surface area contributed by atoms with Crippen LogP contribution in [0.3, 0.4) is 0 Å². The Morgan fingerprint density at radius 1 is 1.06 bits per heavy atom. The maximum atomic E-state index is 13.2. The molecule has 0 unspecified atom stereocenters. The molecule has 0 aliphatic rings. The lowest BCUT2D eigenvalue weighted by Gasteiger charge is -2.15. The normalized spacial score (nSPS) is 11.0. The van der Waals surface area contributed by atoms with Gasteiger partial charge in [-0.3, -0.25) is 14.2 Å². The van der Waals surface area contributed by atoms with E-state index >= 15 is 0 Å². The number of methoxy groups -OCH3 is 3. The molecule has 174 valence electrons. The predicted octanol–water partition coefficient (Wildman–Crippen LogP) is 3.83. The average Bonchev–Trinajstić information content (AvgIpc) is 2.82. The number of ketones is 1. The Balaban J connectivity index is 1.99. The largest absolute Gasteiger partial charge is 0.497 e. The van der Waals surface area contributed by atoms with Gasteiger partial charge in [0.2, 0.25) is 0 Å². The van der Waals surface area contributed by atoms with E-state index in [4.69, 9.17) is 14.2 Å². The van der Waals surface area contributed by atoms with Gasteiger partial charge in [0, 0.05) is 12.6 Å². The maximum Gasteiger partial charge on any atom is 0.337 e. The third kappa shape index (κ3) is 5.36. The molecule has 0 fully saturated rings. The van der Waals surface area contributed by atoms with Gasteiger partial charge in [-0.25, -0.2) is 9.78 Å². The monoisotopic (exact) mass is 470 g/mol. The molecule has 2 aromatic carbocycles. The molecule has 33 heavy (non-hydrogen) atoms. The zero-order valence-electron chi connectivity index (χ0n) is 19.2. The number of hydrogen-bond acceptors (Lipinski definition) is 8. The van der Waals surface area contributed by atoms with Gasteiger partial charge in [-0.15, -0.1) is 0 Å². The molecule has 3 aromatic rings. The highest BCUT2D eigenvalue weighted by Gasteiger charge is 2.18. The van der Waals surface area contributed by atoms with Crippen LogP contribution in [0.1, 0.15) is 34.6 Å². The Morgan fingerprint density at radius 3 is 2.45 bits per heavy atom. The first-order valence-corrected chi connectivity index (χ1v) is 11.3. The van der Waals surface area contributed by atoms with E-state index in [1.165, 1.54) is 39.2 Å². The van der Waals surface area contributed by atoms with Crippen LogP contribution in [-0.2, 0) is 11.3 Å². The molecule has 0 aliphatic heterocycles. The van der Waals surface area contributed by atoms with Crippen LogP contribution in [0.5, 0.6) is 11.5 Å². The summed E-state index contributed by atoms with van der Waals surface area (Å²) in [4.78, 5) is 42.7. The average molecular weight is 471 g/mol. The molecule has 3 rings (SSSR count). The van der Waals surface area contributed by atoms with Gasteiger partial charge < -0.3 is 14.2 Å². The first-order chi connectivity index (χ1) is 15.8. The number of hydrogen-bond donors (Lipinski definition) is 0. The van der Waals surface area contributed by atoms with E-state index < -0.39 is 5.97 Å². The molecular formula is C24H26N2O6S. The molecule has 0 saturated heterocycles. The predicted molar refractivity (Wildman–Crippen MR) is 127 cm³/mol. The third-order valence-corrected chi connectivity index (χ3v) is 5.91. The molecule has 0 spiro atoms. The smallest absolute Gasteiger partial charge is 0.337 e. The molecule has 8 nitrogen and oxygen atoms in total. The highest BCUT2D eigenvalue weighted by Crippen LogP contribution is 2.27. The van der Waals surface area contributed by atoms with E-state index in [0.717, 1.165) is 0 Å². The molecule has 0 aliphatic carbocycles. The number of rotatable bonds is 9.